The topological polar surface area (TPSA) is 155 Å². The summed E-state index contributed by atoms with van der Waals surface area (Å²) in [6.45, 7) is 3.70. The van der Waals surface area contributed by atoms with Gasteiger partial charge in [0.15, 0.2) is 0 Å². The van der Waals surface area contributed by atoms with Gasteiger partial charge in [0.05, 0.1) is 0 Å². The van der Waals surface area contributed by atoms with E-state index in [9.17, 15) is 25.9 Å². The molecule has 0 aliphatic heterocycles. The van der Waals surface area contributed by atoms with E-state index in [2.05, 4.69) is 0 Å². The number of rotatable bonds is 2. The third-order valence-corrected chi connectivity index (χ3v) is 3.67. The molecule has 0 atom stereocenters. The van der Waals surface area contributed by atoms with Gasteiger partial charge >= 0.3 is 27.3 Å². The van der Waals surface area contributed by atoms with Crippen LogP contribution in [0.1, 0.15) is 27.7 Å². The molecule has 0 spiro atoms. The standard InChI is InChI=1S/2C3H8O4S.Pb/c2*1-3(2,4)8(5,6)7;/h2*4H,1-2H3,(H,5,6,7);/q;;+2/p-2. The minimum Gasteiger partial charge on any atom is -0.746 e. The smallest absolute Gasteiger partial charge is 0.746 e. The van der Waals surface area contributed by atoms with Crippen LogP contribution in [0.15, 0.2) is 0 Å². The third-order valence-electron chi connectivity index (χ3n) is 1.22. The Kier molecular flexibility index (Phi) is 9.02. The van der Waals surface area contributed by atoms with Gasteiger partial charge in [0.2, 0.25) is 0 Å². The van der Waals surface area contributed by atoms with Crippen LogP contribution >= 0.6 is 0 Å². The summed E-state index contributed by atoms with van der Waals surface area (Å²) in [5.74, 6) is 0. The molecule has 0 fully saturated rings. The van der Waals surface area contributed by atoms with Crippen LogP contribution in [0.2, 0.25) is 0 Å². The van der Waals surface area contributed by atoms with Gasteiger partial charge in [-0.3, -0.25) is 0 Å². The summed E-state index contributed by atoms with van der Waals surface area (Å²) in [6.07, 6.45) is 0. The van der Waals surface area contributed by atoms with Crippen LogP contribution in [0.4, 0.5) is 0 Å². The molecule has 0 aliphatic rings. The van der Waals surface area contributed by atoms with Crippen molar-refractivity contribution in [1.82, 2.24) is 0 Å². The van der Waals surface area contributed by atoms with Crippen LogP contribution in [0, 0.1) is 0 Å². The van der Waals surface area contributed by atoms with E-state index in [1.165, 1.54) is 0 Å². The van der Waals surface area contributed by atoms with Crippen LogP contribution < -0.4 is 0 Å². The van der Waals surface area contributed by atoms with Gasteiger partial charge in [0, 0.05) is 0 Å². The summed E-state index contributed by atoms with van der Waals surface area (Å²) >= 11 is 0. The zero-order valence-corrected chi connectivity index (χ0v) is 15.2. The molecule has 0 saturated carbocycles. The average Bonchev–Trinajstić information content (AvgIpc) is 1.77. The molecule has 2 radical (unpaired) electrons. The average molecular weight is 486 g/mol. The molecule has 0 amide bonds. The zero-order valence-electron chi connectivity index (χ0n) is 9.66. The minimum absolute atomic E-state index is 0. The number of hydrogen-bond acceptors (Lipinski definition) is 8. The summed E-state index contributed by atoms with van der Waals surface area (Å²) in [6, 6.07) is 0. The Morgan fingerprint density at radius 3 is 0.824 bits per heavy atom. The van der Waals surface area contributed by atoms with E-state index in [1.54, 1.807) is 0 Å². The number of hydrogen-bond donors (Lipinski definition) is 2. The second-order valence-corrected chi connectivity index (χ2v) is 7.62. The second-order valence-electron chi connectivity index (χ2n) is 3.80. The van der Waals surface area contributed by atoms with E-state index in [0.29, 0.717) is 0 Å². The maximum absolute atomic E-state index is 9.85. The predicted molar refractivity (Wildman–Crippen MR) is 57.7 cm³/mol. The van der Waals surface area contributed by atoms with E-state index in [1.807, 2.05) is 0 Å². The molecule has 11 heteroatoms. The van der Waals surface area contributed by atoms with Crippen LogP contribution in [-0.2, 0) is 20.2 Å². The molecule has 17 heavy (non-hydrogen) atoms. The molecular formula is C6H14O8PbS2. The Bertz CT molecular complexity index is 368. The van der Waals surface area contributed by atoms with Crippen molar-refractivity contribution in [1.29, 1.82) is 0 Å². The van der Waals surface area contributed by atoms with Gasteiger partial charge in [-0.1, -0.05) is 0 Å². The predicted octanol–water partition coefficient (Wildman–Crippen LogP) is -1.86. The van der Waals surface area contributed by atoms with Crippen LogP contribution in [0.5, 0.6) is 0 Å². The fourth-order valence-electron chi connectivity index (χ4n) is 0. The van der Waals surface area contributed by atoms with Gasteiger partial charge < -0.3 is 19.3 Å². The zero-order chi connectivity index (χ0) is 14.0. The van der Waals surface area contributed by atoms with E-state index < -0.39 is 30.1 Å². The maximum atomic E-state index is 9.85. The molecule has 0 bridgehead atoms. The molecule has 102 valence electrons. The van der Waals surface area contributed by atoms with Gasteiger partial charge in [-0.2, -0.15) is 0 Å². The van der Waals surface area contributed by atoms with Crippen molar-refractivity contribution in [3.63, 3.8) is 0 Å². The van der Waals surface area contributed by atoms with E-state index in [4.69, 9.17) is 10.2 Å². The van der Waals surface area contributed by atoms with Gasteiger partial charge in [0.1, 0.15) is 30.1 Å². The fraction of sp³-hybridized carbons (Fsp3) is 1.00. The monoisotopic (exact) mass is 486 g/mol. The molecule has 0 unspecified atom stereocenters. The fourth-order valence-corrected chi connectivity index (χ4v) is 0. The Labute approximate surface area is 121 Å². The first-order valence-corrected chi connectivity index (χ1v) is 6.67. The van der Waals surface area contributed by atoms with Crippen molar-refractivity contribution in [2.24, 2.45) is 0 Å². The first kappa shape index (κ1) is 22.8. The molecule has 0 saturated heterocycles. The summed E-state index contributed by atoms with van der Waals surface area (Å²) in [5, 5.41) is 16.9. The normalized spacial score (nSPS) is 13.2. The Morgan fingerprint density at radius 1 is 0.765 bits per heavy atom. The van der Waals surface area contributed by atoms with Crippen molar-refractivity contribution in [2.45, 2.75) is 37.6 Å². The van der Waals surface area contributed by atoms with Crippen molar-refractivity contribution in [3.8, 4) is 0 Å². The first-order chi connectivity index (χ1) is 6.50. The van der Waals surface area contributed by atoms with Crippen molar-refractivity contribution < 1.29 is 36.2 Å². The Hall–Kier alpha value is 0.662. The van der Waals surface area contributed by atoms with Gasteiger partial charge in [-0.05, 0) is 27.7 Å². The van der Waals surface area contributed by atoms with E-state index in [0.717, 1.165) is 27.7 Å². The summed E-state index contributed by atoms with van der Waals surface area (Å²) in [5.41, 5.74) is 0. The quantitative estimate of drug-likeness (QED) is 0.341. The van der Waals surface area contributed by atoms with Gasteiger partial charge in [-0.25, -0.2) is 16.8 Å². The molecule has 0 aromatic carbocycles. The first-order valence-electron chi connectivity index (χ1n) is 3.86. The summed E-state index contributed by atoms with van der Waals surface area (Å²) < 4.78 is 59.1. The van der Waals surface area contributed by atoms with Crippen LogP contribution in [0.3, 0.4) is 0 Å². The van der Waals surface area contributed by atoms with Gasteiger partial charge in [-0.15, -0.1) is 0 Å². The molecule has 0 aromatic heterocycles. The van der Waals surface area contributed by atoms with Crippen molar-refractivity contribution in [2.75, 3.05) is 0 Å². The molecule has 0 aliphatic carbocycles. The van der Waals surface area contributed by atoms with Gasteiger partial charge in [0.25, 0.3) is 0 Å². The Balaban J connectivity index is -0.000000218. The number of aliphatic hydroxyl groups is 2. The molecule has 2 N–H and O–H groups in total. The van der Waals surface area contributed by atoms with Crippen molar-refractivity contribution in [3.05, 3.63) is 0 Å². The van der Waals surface area contributed by atoms with E-state index >= 15 is 0 Å². The molecule has 0 aromatic rings. The third kappa shape index (κ3) is 10.3. The molecule has 8 nitrogen and oxygen atoms in total. The largest absolute Gasteiger partial charge is 2.00 e. The van der Waals surface area contributed by atoms with Crippen LogP contribution in [-0.4, -0.2) is 73.3 Å². The molecule has 0 rings (SSSR count). The van der Waals surface area contributed by atoms with Crippen molar-refractivity contribution >= 4 is 47.5 Å². The SMILES string of the molecule is CC(C)(O)S(=O)(=O)[O-].CC(C)(O)S(=O)(=O)[O-].[Pb+2]. The Morgan fingerprint density at radius 2 is 0.824 bits per heavy atom. The molecule has 0 heterocycles. The second kappa shape index (κ2) is 6.72. The summed E-state index contributed by atoms with van der Waals surface area (Å²) in [4.78, 5) is -4.29. The van der Waals surface area contributed by atoms with E-state index in [-0.39, 0.29) is 27.3 Å². The maximum Gasteiger partial charge on any atom is 2.00 e. The van der Waals surface area contributed by atoms with Crippen LogP contribution in [0.25, 0.3) is 0 Å². The minimum atomic E-state index is -4.53. The molecular weight excluding hydrogens is 471 g/mol. The summed E-state index contributed by atoms with van der Waals surface area (Å²) in [7, 11) is -9.07.